The van der Waals surface area contributed by atoms with Crippen LogP contribution in [0.2, 0.25) is 0 Å². The van der Waals surface area contributed by atoms with Crippen molar-refractivity contribution in [3.8, 4) is 0 Å². The Hall–Kier alpha value is -0.0105. The second-order valence-electron chi connectivity index (χ2n) is 1.94. The van der Waals surface area contributed by atoms with Gasteiger partial charge in [-0.25, -0.2) is 0 Å². The molecule has 0 aromatic heterocycles. The Morgan fingerprint density at radius 1 is 1.75 bits per heavy atom. The second-order valence-corrected chi connectivity index (χ2v) is 2.71. The molecule has 3 heteroatoms. The first-order valence-electron chi connectivity index (χ1n) is 2.73. The summed E-state index contributed by atoms with van der Waals surface area (Å²) in [6, 6.07) is 0. The molecule has 1 heterocycles. The molecule has 0 aromatic rings. The topological polar surface area (TPSA) is 15.6 Å². The van der Waals surface area contributed by atoms with Crippen molar-refractivity contribution in [2.75, 3.05) is 20.1 Å². The molecule has 1 rings (SSSR count). The molecule has 0 saturated carbocycles. The van der Waals surface area contributed by atoms with Gasteiger partial charge in [0.2, 0.25) is 0 Å². The summed E-state index contributed by atoms with van der Waals surface area (Å²) in [6.45, 7) is 2.14. The second kappa shape index (κ2) is 2.51. The van der Waals surface area contributed by atoms with Crippen molar-refractivity contribution in [2.24, 2.45) is 4.99 Å². The molecule has 0 aliphatic carbocycles. The van der Waals surface area contributed by atoms with Gasteiger partial charge in [-0.3, -0.25) is 0 Å². The molecule has 0 unspecified atom stereocenters. The molecule has 0 fully saturated rings. The van der Waals surface area contributed by atoms with E-state index in [0.717, 1.165) is 17.8 Å². The molecule has 0 N–H and O–H groups in total. The van der Waals surface area contributed by atoms with Crippen LogP contribution in [0.3, 0.4) is 0 Å². The van der Waals surface area contributed by atoms with Crippen molar-refractivity contribution in [1.82, 2.24) is 4.90 Å². The Balaban J connectivity index is 2.53. The van der Waals surface area contributed by atoms with Crippen LogP contribution in [-0.4, -0.2) is 45.8 Å². The quantitative estimate of drug-likeness (QED) is 0.468. The summed E-state index contributed by atoms with van der Waals surface area (Å²) < 4.78 is 1.05. The van der Waals surface area contributed by atoms with Crippen molar-refractivity contribution >= 4 is 20.7 Å². The van der Waals surface area contributed by atoms with Crippen molar-refractivity contribution in [3.63, 3.8) is 0 Å². The van der Waals surface area contributed by atoms with Gasteiger partial charge < -0.3 is 0 Å². The van der Waals surface area contributed by atoms with E-state index >= 15 is 0 Å². The fourth-order valence-corrected chi connectivity index (χ4v) is 1.08. The minimum atomic E-state index is 0.993. The van der Waals surface area contributed by atoms with E-state index in [-0.39, 0.29) is 0 Å². The fourth-order valence-electron chi connectivity index (χ4n) is 0.699. The number of aliphatic imine (C=N–C) groups is 1. The zero-order valence-electron chi connectivity index (χ0n) is 4.92. The van der Waals surface area contributed by atoms with Crippen LogP contribution in [0.1, 0.15) is 6.42 Å². The number of rotatable bonds is 0. The average molecular weight is 176 g/mol. The molecule has 0 amide bonds. The van der Waals surface area contributed by atoms with Crippen molar-refractivity contribution in [2.45, 2.75) is 6.42 Å². The van der Waals surface area contributed by atoms with E-state index in [1.165, 1.54) is 6.42 Å². The van der Waals surface area contributed by atoms with Crippen LogP contribution in [0.15, 0.2) is 4.99 Å². The van der Waals surface area contributed by atoms with Crippen LogP contribution >= 0.6 is 0 Å². The van der Waals surface area contributed by atoms with E-state index in [1.54, 1.807) is 0 Å². The van der Waals surface area contributed by atoms with E-state index in [9.17, 15) is 0 Å². The molecule has 45 valence electrons. The van der Waals surface area contributed by atoms with E-state index < -0.39 is 0 Å². The molecule has 0 spiro atoms. The molecule has 0 bridgehead atoms. The number of hydrogen-bond acceptors (Lipinski definition) is 2. The normalized spacial score (nSPS) is 20.6. The molecule has 0 aromatic carbocycles. The monoisotopic (exact) mass is 177 g/mol. The molecule has 8 heavy (non-hydrogen) atoms. The summed E-state index contributed by atoms with van der Waals surface area (Å²) in [4.78, 5) is 6.33. The Morgan fingerprint density at radius 3 is 2.88 bits per heavy atom. The predicted octanol–water partition coefficient (Wildman–Crippen LogP) is -0.154. The molecule has 1 aliphatic heterocycles. The van der Waals surface area contributed by atoms with Gasteiger partial charge in [-0.05, 0) is 0 Å². The molecule has 0 atom stereocenters. The number of hydrogen-bond donors (Lipinski definition) is 0. The summed E-state index contributed by atoms with van der Waals surface area (Å²) in [7, 11) is 2.05. The van der Waals surface area contributed by atoms with Gasteiger partial charge in [0.25, 0.3) is 0 Å². The van der Waals surface area contributed by atoms with Gasteiger partial charge in [0.05, 0.1) is 0 Å². The van der Waals surface area contributed by atoms with Crippen LogP contribution < -0.4 is 0 Å². The zero-order chi connectivity index (χ0) is 5.98. The van der Waals surface area contributed by atoms with Gasteiger partial charge >= 0.3 is 57.2 Å². The number of amidine groups is 1. The first-order valence-corrected chi connectivity index (χ1v) is 3.59. The molecular weight excluding hydrogens is 167 g/mol. The van der Waals surface area contributed by atoms with Crippen LogP contribution in [0.4, 0.5) is 0 Å². The minimum absolute atomic E-state index is 0.993. The number of nitrogens with zero attached hydrogens (tertiary/aromatic N) is 2. The summed E-state index contributed by atoms with van der Waals surface area (Å²) in [5.74, 6) is 0. The Bertz CT molecular complexity index is 111. The molecule has 0 saturated heterocycles. The predicted molar refractivity (Wildman–Crippen MR) is 35.3 cm³/mol. The molecular formula is C5H9N2Se. The Morgan fingerprint density at radius 2 is 2.50 bits per heavy atom. The molecule has 1 aliphatic rings. The van der Waals surface area contributed by atoms with Gasteiger partial charge in [0.1, 0.15) is 0 Å². The third-order valence-electron chi connectivity index (χ3n) is 1.23. The summed E-state index contributed by atoms with van der Waals surface area (Å²) in [6.07, 6.45) is 1.20. The standard InChI is InChI=1S/C5H9N2Se/c1-7-4-2-3-6-5(7)8/h2-4H2,1H3. The first kappa shape index (κ1) is 6.11. The van der Waals surface area contributed by atoms with E-state index in [1.807, 2.05) is 0 Å². The van der Waals surface area contributed by atoms with E-state index in [4.69, 9.17) is 0 Å². The Labute approximate surface area is 57.8 Å². The summed E-state index contributed by atoms with van der Waals surface area (Å²) >= 11 is 2.90. The van der Waals surface area contributed by atoms with E-state index in [2.05, 4.69) is 33.0 Å². The van der Waals surface area contributed by atoms with Gasteiger partial charge in [-0.2, -0.15) is 0 Å². The maximum absolute atomic E-state index is 4.20. The average Bonchev–Trinajstić information content (AvgIpc) is 1.77. The maximum atomic E-state index is 4.20. The van der Waals surface area contributed by atoms with Crippen LogP contribution in [-0.2, 0) is 0 Å². The van der Waals surface area contributed by atoms with E-state index in [0.29, 0.717) is 0 Å². The third-order valence-corrected chi connectivity index (χ3v) is 2.15. The zero-order valence-corrected chi connectivity index (χ0v) is 6.64. The fraction of sp³-hybridized carbons (Fsp3) is 0.800. The van der Waals surface area contributed by atoms with Gasteiger partial charge in [-0.1, -0.05) is 0 Å². The van der Waals surface area contributed by atoms with Crippen LogP contribution in [0.5, 0.6) is 0 Å². The Kier molecular flexibility index (Phi) is 1.92. The van der Waals surface area contributed by atoms with Gasteiger partial charge in [0.15, 0.2) is 0 Å². The van der Waals surface area contributed by atoms with Crippen LogP contribution in [0.25, 0.3) is 0 Å². The van der Waals surface area contributed by atoms with Crippen molar-refractivity contribution in [3.05, 3.63) is 0 Å². The van der Waals surface area contributed by atoms with Crippen molar-refractivity contribution in [1.29, 1.82) is 0 Å². The van der Waals surface area contributed by atoms with Gasteiger partial charge in [0, 0.05) is 0 Å². The molecule has 2 nitrogen and oxygen atoms in total. The first-order chi connectivity index (χ1) is 3.80. The summed E-state index contributed by atoms with van der Waals surface area (Å²) in [5.41, 5.74) is 0. The summed E-state index contributed by atoms with van der Waals surface area (Å²) in [5, 5.41) is 0. The third kappa shape index (κ3) is 1.23. The van der Waals surface area contributed by atoms with Crippen molar-refractivity contribution < 1.29 is 0 Å². The van der Waals surface area contributed by atoms with Gasteiger partial charge in [-0.15, -0.1) is 0 Å². The van der Waals surface area contributed by atoms with Crippen LogP contribution in [0, 0.1) is 0 Å². The molecule has 1 radical (unpaired) electrons. The SMILES string of the molecule is CN1CCCN=C1[Se].